The number of aromatic nitrogens is 4. The normalized spacial score (nSPS) is 12.2. The van der Waals surface area contributed by atoms with Crippen LogP contribution in [0, 0.1) is 0 Å². The van der Waals surface area contributed by atoms with Gasteiger partial charge in [0, 0.05) is 17.9 Å². The lowest BCUT2D eigenvalue weighted by atomic mass is 10.1. The summed E-state index contributed by atoms with van der Waals surface area (Å²) in [5.74, 6) is 0.920. The minimum atomic E-state index is -4.54. The molecule has 6 nitrogen and oxygen atoms in total. The SMILES string of the molecule is C=C(C)/C=C(\CCC)c1nc(Nc2ccnc(C(F)(F)F)c2)nc(NC(C)C)n1. The highest BCUT2D eigenvalue weighted by Gasteiger charge is 2.32. The second-order valence-electron chi connectivity index (χ2n) is 6.92. The van der Waals surface area contributed by atoms with Crippen LogP contribution in [-0.4, -0.2) is 26.0 Å². The summed E-state index contributed by atoms with van der Waals surface area (Å²) in [5.41, 5.74) is 0.917. The quantitative estimate of drug-likeness (QED) is 0.555. The van der Waals surface area contributed by atoms with Gasteiger partial charge in [-0.2, -0.15) is 28.1 Å². The third kappa shape index (κ3) is 6.85. The first-order valence-electron chi connectivity index (χ1n) is 9.27. The van der Waals surface area contributed by atoms with Gasteiger partial charge in [0.2, 0.25) is 11.9 Å². The number of nitrogens with zero attached hydrogens (tertiary/aromatic N) is 4. The van der Waals surface area contributed by atoms with E-state index in [0.29, 0.717) is 11.8 Å². The third-order valence-electron chi connectivity index (χ3n) is 3.59. The minimum Gasteiger partial charge on any atom is -0.352 e. The van der Waals surface area contributed by atoms with Crippen molar-refractivity contribution in [1.29, 1.82) is 0 Å². The highest BCUT2D eigenvalue weighted by atomic mass is 19.4. The second-order valence-corrected chi connectivity index (χ2v) is 6.92. The fourth-order valence-corrected chi connectivity index (χ4v) is 2.51. The molecule has 2 aromatic rings. The van der Waals surface area contributed by atoms with Gasteiger partial charge in [-0.05, 0) is 44.9 Å². The Morgan fingerprint density at radius 3 is 2.48 bits per heavy atom. The van der Waals surface area contributed by atoms with E-state index in [2.05, 4.69) is 37.1 Å². The van der Waals surface area contributed by atoms with Crippen LogP contribution in [0.3, 0.4) is 0 Å². The molecular formula is C20H25F3N6. The van der Waals surface area contributed by atoms with Gasteiger partial charge in [0.15, 0.2) is 5.82 Å². The van der Waals surface area contributed by atoms with Crippen molar-refractivity contribution in [3.8, 4) is 0 Å². The molecule has 156 valence electrons. The lowest BCUT2D eigenvalue weighted by Crippen LogP contribution is -2.15. The maximum atomic E-state index is 12.9. The monoisotopic (exact) mass is 406 g/mol. The Hall–Kier alpha value is -2.97. The van der Waals surface area contributed by atoms with E-state index >= 15 is 0 Å². The Morgan fingerprint density at radius 1 is 1.21 bits per heavy atom. The molecule has 0 saturated carbocycles. The third-order valence-corrected chi connectivity index (χ3v) is 3.59. The minimum absolute atomic E-state index is 0.0654. The zero-order valence-corrected chi connectivity index (χ0v) is 16.9. The van der Waals surface area contributed by atoms with Gasteiger partial charge in [-0.15, -0.1) is 0 Å². The average molecular weight is 406 g/mol. The van der Waals surface area contributed by atoms with Crippen LogP contribution in [0.1, 0.15) is 52.1 Å². The van der Waals surface area contributed by atoms with E-state index in [1.165, 1.54) is 6.07 Å². The Morgan fingerprint density at radius 2 is 1.90 bits per heavy atom. The van der Waals surface area contributed by atoms with Crippen molar-refractivity contribution in [2.75, 3.05) is 10.6 Å². The molecule has 0 aliphatic carbocycles. The van der Waals surface area contributed by atoms with Crippen LogP contribution in [-0.2, 0) is 6.18 Å². The van der Waals surface area contributed by atoms with Gasteiger partial charge in [-0.1, -0.05) is 31.6 Å². The molecule has 0 fully saturated rings. The van der Waals surface area contributed by atoms with Gasteiger partial charge in [0.25, 0.3) is 0 Å². The maximum absolute atomic E-state index is 12.9. The predicted octanol–water partition coefficient (Wildman–Crippen LogP) is 5.61. The van der Waals surface area contributed by atoms with E-state index in [-0.39, 0.29) is 17.7 Å². The van der Waals surface area contributed by atoms with E-state index in [1.807, 2.05) is 33.8 Å². The zero-order valence-electron chi connectivity index (χ0n) is 16.9. The first-order valence-corrected chi connectivity index (χ1v) is 9.27. The average Bonchev–Trinajstić information content (AvgIpc) is 2.59. The van der Waals surface area contributed by atoms with Gasteiger partial charge in [-0.25, -0.2) is 0 Å². The summed E-state index contributed by atoms with van der Waals surface area (Å²) in [4.78, 5) is 16.5. The van der Waals surface area contributed by atoms with Crippen molar-refractivity contribution < 1.29 is 13.2 Å². The van der Waals surface area contributed by atoms with Gasteiger partial charge < -0.3 is 10.6 Å². The number of allylic oxidation sites excluding steroid dienone is 3. The Labute approximate surface area is 168 Å². The summed E-state index contributed by atoms with van der Waals surface area (Å²) in [6.07, 6.45) is 0.0511. The molecule has 0 atom stereocenters. The molecule has 2 N–H and O–H groups in total. The molecule has 0 unspecified atom stereocenters. The summed E-state index contributed by atoms with van der Waals surface area (Å²) in [6.45, 7) is 11.7. The fraction of sp³-hybridized carbons (Fsp3) is 0.400. The van der Waals surface area contributed by atoms with Crippen LogP contribution in [0.4, 0.5) is 30.8 Å². The van der Waals surface area contributed by atoms with E-state index in [4.69, 9.17) is 0 Å². The van der Waals surface area contributed by atoms with Crippen molar-refractivity contribution >= 4 is 23.2 Å². The lowest BCUT2D eigenvalue weighted by Gasteiger charge is -2.14. The fourth-order valence-electron chi connectivity index (χ4n) is 2.51. The second kappa shape index (κ2) is 9.49. The number of halogens is 3. The van der Waals surface area contributed by atoms with Gasteiger partial charge in [-0.3, -0.25) is 4.98 Å². The van der Waals surface area contributed by atoms with Crippen molar-refractivity contribution in [2.24, 2.45) is 0 Å². The van der Waals surface area contributed by atoms with Gasteiger partial charge >= 0.3 is 6.18 Å². The lowest BCUT2D eigenvalue weighted by molar-refractivity contribution is -0.141. The molecule has 29 heavy (non-hydrogen) atoms. The van der Waals surface area contributed by atoms with Crippen LogP contribution in [0.25, 0.3) is 5.57 Å². The van der Waals surface area contributed by atoms with Crippen LogP contribution in [0.5, 0.6) is 0 Å². The maximum Gasteiger partial charge on any atom is 0.433 e. The number of anilines is 3. The zero-order chi connectivity index (χ0) is 21.6. The molecule has 0 radical (unpaired) electrons. The molecule has 2 aromatic heterocycles. The first-order chi connectivity index (χ1) is 13.6. The number of nitrogens with one attached hydrogen (secondary N) is 2. The van der Waals surface area contributed by atoms with Crippen LogP contribution in [0.15, 0.2) is 36.6 Å². The van der Waals surface area contributed by atoms with Gasteiger partial charge in [0.1, 0.15) is 5.69 Å². The molecule has 0 aliphatic rings. The van der Waals surface area contributed by atoms with Crippen molar-refractivity contribution in [2.45, 2.75) is 52.8 Å². The van der Waals surface area contributed by atoms with Crippen molar-refractivity contribution in [3.05, 3.63) is 48.1 Å². The summed E-state index contributed by atoms with van der Waals surface area (Å²) in [6, 6.07) is 2.40. The molecular weight excluding hydrogens is 381 g/mol. The van der Waals surface area contributed by atoms with Crippen LogP contribution in [0.2, 0.25) is 0 Å². The van der Waals surface area contributed by atoms with Crippen LogP contribution < -0.4 is 10.6 Å². The number of hydrogen-bond donors (Lipinski definition) is 2. The summed E-state index contributed by atoms with van der Waals surface area (Å²) in [7, 11) is 0. The Bertz CT molecular complexity index is 890. The molecule has 0 saturated heterocycles. The van der Waals surface area contributed by atoms with E-state index < -0.39 is 11.9 Å². The molecule has 9 heteroatoms. The topological polar surface area (TPSA) is 75.6 Å². The summed E-state index contributed by atoms with van der Waals surface area (Å²) >= 11 is 0. The van der Waals surface area contributed by atoms with Gasteiger partial charge in [0.05, 0.1) is 0 Å². The molecule has 0 aromatic carbocycles. The molecule has 0 spiro atoms. The standard InChI is InChI=1S/C20H25F3N6/c1-6-7-14(10-12(2)3)17-27-18(25-13(4)5)29-19(28-17)26-15-8-9-24-16(11-15)20(21,22)23/h8-11,13H,2,6-7H2,1,3-5H3,(H2,24,25,26,27,28,29)/b14-10+. The van der Waals surface area contributed by atoms with Crippen molar-refractivity contribution in [3.63, 3.8) is 0 Å². The largest absolute Gasteiger partial charge is 0.433 e. The molecule has 2 rings (SSSR count). The van der Waals surface area contributed by atoms with Crippen molar-refractivity contribution in [1.82, 2.24) is 19.9 Å². The predicted molar refractivity (Wildman–Crippen MR) is 109 cm³/mol. The van der Waals surface area contributed by atoms with E-state index in [9.17, 15) is 13.2 Å². The molecule has 0 bridgehead atoms. The number of rotatable bonds is 8. The van der Waals surface area contributed by atoms with E-state index in [0.717, 1.165) is 36.3 Å². The number of pyridine rings is 1. The van der Waals surface area contributed by atoms with E-state index in [1.54, 1.807) is 0 Å². The molecule has 2 heterocycles. The smallest absolute Gasteiger partial charge is 0.352 e. The number of alkyl halides is 3. The number of hydrogen-bond acceptors (Lipinski definition) is 6. The summed E-state index contributed by atoms with van der Waals surface area (Å²) in [5, 5.41) is 5.94. The Balaban J connectivity index is 2.47. The molecule has 0 amide bonds. The highest BCUT2D eigenvalue weighted by molar-refractivity contribution is 5.65. The first kappa shape index (κ1) is 22.3. The molecule has 0 aliphatic heterocycles. The Kier molecular flexibility index (Phi) is 7.30. The van der Waals surface area contributed by atoms with Crippen LogP contribution >= 0.6 is 0 Å². The summed E-state index contributed by atoms with van der Waals surface area (Å²) < 4.78 is 38.8. The highest BCUT2D eigenvalue weighted by Crippen LogP contribution is 2.29.